The molecule has 0 fully saturated rings. The molecule has 0 radical (unpaired) electrons. The molecule has 0 bridgehead atoms. The smallest absolute Gasteiger partial charge is 0.256 e. The van der Waals surface area contributed by atoms with Crippen molar-refractivity contribution in [2.45, 2.75) is 25.9 Å². The topological polar surface area (TPSA) is 122 Å². The minimum absolute atomic E-state index is 0.0754. The molecule has 1 atom stereocenters. The van der Waals surface area contributed by atoms with Gasteiger partial charge in [0, 0.05) is 6.20 Å². The van der Waals surface area contributed by atoms with E-state index in [0.717, 1.165) is 14.7 Å². The number of aromatic amines is 1. The monoisotopic (exact) mass is 483 g/mol. The summed E-state index contributed by atoms with van der Waals surface area (Å²) >= 11 is 0. The molecule has 0 amide bonds. The molecule has 36 heavy (non-hydrogen) atoms. The fraction of sp³-hybridized carbons (Fsp3) is 0.160. The summed E-state index contributed by atoms with van der Waals surface area (Å²) in [6.07, 6.45) is 2.33. The zero-order valence-electron chi connectivity index (χ0n) is 19.2. The quantitative estimate of drug-likeness (QED) is 0.409. The lowest BCUT2D eigenvalue weighted by molar-refractivity contribution is 0.358. The molecule has 0 spiro atoms. The number of benzene rings is 2. The van der Waals surface area contributed by atoms with Crippen LogP contribution in [0.1, 0.15) is 24.2 Å². The van der Waals surface area contributed by atoms with Crippen LogP contribution in [0.25, 0.3) is 17.1 Å². The number of H-pyrrole nitrogens is 1. The first kappa shape index (κ1) is 21.6. The van der Waals surface area contributed by atoms with Gasteiger partial charge >= 0.3 is 22.8 Å². The second-order valence-corrected chi connectivity index (χ2v) is 8.49. The van der Waals surface area contributed by atoms with Crippen LogP contribution in [-0.4, -0.2) is 33.3 Å². The Bertz CT molecular complexity index is 1840. The lowest BCUT2D eigenvalue weighted by Gasteiger charge is -2.26. The van der Waals surface area contributed by atoms with E-state index in [1.165, 1.54) is 14.0 Å². The minimum atomic E-state index is -0.820. The van der Waals surface area contributed by atoms with Crippen molar-refractivity contribution in [2.75, 3.05) is 0 Å². The first-order valence-corrected chi connectivity index (χ1v) is 11.5. The van der Waals surface area contributed by atoms with E-state index >= 15 is 0 Å². The summed E-state index contributed by atoms with van der Waals surface area (Å²) in [4.78, 5) is 57.8. The maximum absolute atomic E-state index is 13.5. The highest BCUT2D eigenvalue weighted by Crippen LogP contribution is 2.27. The lowest BCUT2D eigenvalue weighted by Crippen LogP contribution is -2.40. The molecule has 2 aromatic carbocycles. The molecule has 0 aliphatic carbocycles. The third-order valence-corrected chi connectivity index (χ3v) is 6.43. The number of nitrogens with zero attached hydrogens (tertiary/aromatic N) is 6. The predicted molar refractivity (Wildman–Crippen MR) is 132 cm³/mol. The zero-order valence-corrected chi connectivity index (χ0v) is 19.2. The Balaban J connectivity index is 1.60. The molecule has 4 heterocycles. The number of aryl methyl sites for hydroxylation is 1. The fourth-order valence-corrected chi connectivity index (χ4v) is 4.66. The van der Waals surface area contributed by atoms with Crippen molar-refractivity contribution in [1.82, 2.24) is 33.3 Å². The van der Waals surface area contributed by atoms with Gasteiger partial charge in [0.1, 0.15) is 6.04 Å². The van der Waals surface area contributed by atoms with Gasteiger partial charge in [-0.05, 0) is 42.3 Å². The van der Waals surface area contributed by atoms with Gasteiger partial charge in [-0.2, -0.15) is 4.68 Å². The standard InChI is InChI=1S/C25H21N7O4/c1-2-16-13-19-21(26-14-16)20(31-24(35)29(22(33)27-31)17-9-5-3-6-10-17)15-28-23(34)30(25(36)32(19)28)18-11-7-4-8-12-18/h3-14,20H,2,15H2,1H3,(H,27,33). The number of hydrogen-bond donors (Lipinski definition) is 1. The summed E-state index contributed by atoms with van der Waals surface area (Å²) in [5, 5.41) is 2.62. The van der Waals surface area contributed by atoms with Crippen molar-refractivity contribution in [2.24, 2.45) is 0 Å². The van der Waals surface area contributed by atoms with E-state index < -0.39 is 28.8 Å². The Morgan fingerprint density at radius 3 is 2.14 bits per heavy atom. The predicted octanol–water partition coefficient (Wildman–Crippen LogP) is 0.991. The molecule has 11 nitrogen and oxygen atoms in total. The Labute approximate surface area is 202 Å². The fourth-order valence-electron chi connectivity index (χ4n) is 4.66. The van der Waals surface area contributed by atoms with Crippen LogP contribution in [-0.2, 0) is 13.0 Å². The van der Waals surface area contributed by atoms with Gasteiger partial charge in [0.25, 0.3) is 0 Å². The first-order valence-electron chi connectivity index (χ1n) is 11.5. The molecule has 1 N–H and O–H groups in total. The van der Waals surface area contributed by atoms with Gasteiger partial charge in [-0.15, -0.1) is 0 Å². The second kappa shape index (κ2) is 8.08. The van der Waals surface area contributed by atoms with E-state index in [1.54, 1.807) is 72.9 Å². The van der Waals surface area contributed by atoms with Crippen molar-refractivity contribution in [3.05, 3.63) is 126 Å². The largest absolute Gasteiger partial charge is 0.356 e. The Morgan fingerprint density at radius 2 is 1.50 bits per heavy atom. The van der Waals surface area contributed by atoms with Crippen molar-refractivity contribution >= 4 is 0 Å². The number of aromatic nitrogens is 7. The van der Waals surface area contributed by atoms with Crippen LogP contribution in [0.3, 0.4) is 0 Å². The van der Waals surface area contributed by atoms with E-state index in [4.69, 9.17) is 0 Å². The van der Waals surface area contributed by atoms with Crippen LogP contribution < -0.4 is 22.8 Å². The summed E-state index contributed by atoms with van der Waals surface area (Å²) in [5.41, 5.74) is 0.189. The highest BCUT2D eigenvalue weighted by molar-refractivity contribution is 5.43. The molecule has 1 unspecified atom stereocenters. The zero-order chi connectivity index (χ0) is 25.0. The van der Waals surface area contributed by atoms with E-state index in [9.17, 15) is 19.2 Å². The normalized spacial score (nSPS) is 14.4. The molecule has 5 aromatic rings. The number of fused-ring (bicyclic) bond motifs is 3. The summed E-state index contributed by atoms with van der Waals surface area (Å²) < 4.78 is 5.87. The molecule has 11 heteroatoms. The van der Waals surface area contributed by atoms with Gasteiger partial charge in [-0.3, -0.25) is 4.98 Å². The van der Waals surface area contributed by atoms with Crippen LogP contribution in [0.4, 0.5) is 0 Å². The number of para-hydroxylation sites is 2. The maximum Gasteiger partial charge on any atom is 0.356 e. The van der Waals surface area contributed by atoms with E-state index in [0.29, 0.717) is 29.2 Å². The SMILES string of the molecule is CCc1cnc2c(c1)-n1c(=O)n(-c3ccccc3)c(=O)n1CC2n1[nH]c(=O)n(-c2ccccc2)c1=O. The third kappa shape index (κ3) is 3.09. The maximum atomic E-state index is 13.5. The molecule has 1 aliphatic rings. The molecule has 0 saturated carbocycles. The number of pyridine rings is 1. The Kier molecular flexibility index (Phi) is 4.85. The lowest BCUT2D eigenvalue weighted by atomic mass is 10.1. The van der Waals surface area contributed by atoms with Crippen molar-refractivity contribution in [3.63, 3.8) is 0 Å². The first-order chi connectivity index (χ1) is 17.5. The van der Waals surface area contributed by atoms with E-state index in [1.807, 2.05) is 6.92 Å². The molecule has 6 rings (SSSR count). The number of nitrogens with one attached hydrogen (secondary N) is 1. The van der Waals surface area contributed by atoms with Crippen molar-refractivity contribution in [3.8, 4) is 17.1 Å². The van der Waals surface area contributed by atoms with Crippen LogP contribution >= 0.6 is 0 Å². The average Bonchev–Trinajstić information content (AvgIpc) is 3.35. The summed E-state index contributed by atoms with van der Waals surface area (Å²) in [6.45, 7) is 1.88. The summed E-state index contributed by atoms with van der Waals surface area (Å²) in [5.74, 6) is 0. The Morgan fingerprint density at radius 1 is 0.861 bits per heavy atom. The van der Waals surface area contributed by atoms with Crippen LogP contribution in [0.2, 0.25) is 0 Å². The van der Waals surface area contributed by atoms with Gasteiger partial charge in [0.15, 0.2) is 0 Å². The van der Waals surface area contributed by atoms with Crippen LogP contribution in [0.5, 0.6) is 0 Å². The van der Waals surface area contributed by atoms with Crippen molar-refractivity contribution in [1.29, 1.82) is 0 Å². The third-order valence-electron chi connectivity index (χ3n) is 6.43. The number of rotatable bonds is 4. The van der Waals surface area contributed by atoms with Crippen molar-refractivity contribution < 1.29 is 0 Å². The number of hydrogen-bond acceptors (Lipinski definition) is 5. The van der Waals surface area contributed by atoms with E-state index in [2.05, 4.69) is 10.1 Å². The van der Waals surface area contributed by atoms with E-state index in [-0.39, 0.29) is 6.54 Å². The molecule has 1 aliphatic heterocycles. The molecule has 0 saturated heterocycles. The van der Waals surface area contributed by atoms with Crippen LogP contribution in [0, 0.1) is 0 Å². The second-order valence-electron chi connectivity index (χ2n) is 8.49. The van der Waals surface area contributed by atoms with Crippen LogP contribution in [0.15, 0.2) is 92.1 Å². The summed E-state index contributed by atoms with van der Waals surface area (Å²) in [6, 6.07) is 18.2. The van der Waals surface area contributed by atoms with Gasteiger partial charge in [0.05, 0.1) is 29.3 Å². The van der Waals surface area contributed by atoms with Gasteiger partial charge < -0.3 is 0 Å². The van der Waals surface area contributed by atoms with Gasteiger partial charge in [0.2, 0.25) is 0 Å². The minimum Gasteiger partial charge on any atom is -0.256 e. The van der Waals surface area contributed by atoms with Gasteiger partial charge in [-0.1, -0.05) is 43.3 Å². The Hall–Kier alpha value is -4.93. The molecular weight excluding hydrogens is 462 g/mol. The highest BCUT2D eigenvalue weighted by atomic mass is 16.2. The van der Waals surface area contributed by atoms with Gasteiger partial charge in [-0.25, -0.2) is 42.8 Å². The molecule has 3 aromatic heterocycles. The molecule has 180 valence electrons. The summed E-state index contributed by atoms with van der Waals surface area (Å²) in [7, 11) is 0. The highest BCUT2D eigenvalue weighted by Gasteiger charge is 2.34. The molecular formula is C25H21N7O4. The average molecular weight is 483 g/mol.